The number of aromatic nitrogens is 3. The van der Waals surface area contributed by atoms with Crippen LogP contribution in [-0.4, -0.2) is 39.0 Å². The van der Waals surface area contributed by atoms with Crippen LogP contribution in [0.3, 0.4) is 0 Å². The van der Waals surface area contributed by atoms with Crippen molar-refractivity contribution >= 4 is 17.2 Å². The molecule has 1 aliphatic heterocycles. The quantitative estimate of drug-likeness (QED) is 0.687. The highest BCUT2D eigenvalue weighted by molar-refractivity contribution is 7.12. The van der Waals surface area contributed by atoms with Gasteiger partial charge in [-0.25, -0.2) is 0 Å². The van der Waals surface area contributed by atoms with E-state index in [9.17, 15) is 4.79 Å². The fourth-order valence-electron chi connectivity index (χ4n) is 3.34. The fraction of sp³-hybridized carbons (Fsp3) is 0.368. The maximum Gasteiger partial charge on any atom is 0.263 e. The Labute approximate surface area is 155 Å². The van der Waals surface area contributed by atoms with Gasteiger partial charge in [0.25, 0.3) is 11.8 Å². The van der Waals surface area contributed by atoms with Gasteiger partial charge in [0.1, 0.15) is 0 Å². The number of carbonyl (C=O) groups excluding carboxylic acids is 1. The second-order valence-corrected chi connectivity index (χ2v) is 7.47. The molecule has 1 aliphatic rings. The molecule has 0 spiro atoms. The van der Waals surface area contributed by atoms with Crippen molar-refractivity contribution in [2.45, 2.75) is 25.7 Å². The molecule has 1 unspecified atom stereocenters. The van der Waals surface area contributed by atoms with Crippen molar-refractivity contribution in [1.29, 1.82) is 0 Å². The number of carbonyl (C=O) groups is 1. The summed E-state index contributed by atoms with van der Waals surface area (Å²) < 4.78 is 5.35. The number of aryl methyl sites for hydroxylation is 1. The molecule has 0 bridgehead atoms. The molecule has 1 atom stereocenters. The molecule has 1 fully saturated rings. The summed E-state index contributed by atoms with van der Waals surface area (Å²) in [7, 11) is 0. The maximum absolute atomic E-state index is 12.5. The van der Waals surface area contributed by atoms with Crippen molar-refractivity contribution in [2.24, 2.45) is 5.92 Å². The Kier molecular flexibility index (Phi) is 5.06. The zero-order valence-electron chi connectivity index (χ0n) is 14.4. The van der Waals surface area contributed by atoms with E-state index in [1.54, 1.807) is 12.4 Å². The lowest BCUT2D eigenvalue weighted by Gasteiger charge is -2.32. The number of nitrogens with zero attached hydrogens (tertiary/aromatic N) is 4. The molecule has 0 saturated carbocycles. The summed E-state index contributed by atoms with van der Waals surface area (Å²) in [6, 6.07) is 7.53. The molecule has 1 saturated heterocycles. The summed E-state index contributed by atoms with van der Waals surface area (Å²) in [6.07, 6.45) is 7.34. The molecule has 0 N–H and O–H groups in total. The van der Waals surface area contributed by atoms with Gasteiger partial charge in [0.15, 0.2) is 5.82 Å². The van der Waals surface area contributed by atoms with E-state index < -0.39 is 0 Å². The minimum absolute atomic E-state index is 0.157. The molecular formula is C19H20N4O2S. The van der Waals surface area contributed by atoms with E-state index >= 15 is 0 Å². The molecule has 4 heterocycles. The van der Waals surface area contributed by atoms with Crippen LogP contribution in [0.1, 0.15) is 34.8 Å². The molecule has 0 aromatic carbocycles. The van der Waals surface area contributed by atoms with Gasteiger partial charge in [-0.1, -0.05) is 11.2 Å². The van der Waals surface area contributed by atoms with E-state index in [1.165, 1.54) is 11.3 Å². The first-order valence-electron chi connectivity index (χ1n) is 8.85. The second kappa shape index (κ2) is 7.78. The van der Waals surface area contributed by atoms with Gasteiger partial charge < -0.3 is 9.42 Å². The number of hydrogen-bond acceptors (Lipinski definition) is 6. The van der Waals surface area contributed by atoms with E-state index in [2.05, 4.69) is 15.1 Å². The van der Waals surface area contributed by atoms with Gasteiger partial charge in [-0.05, 0) is 48.8 Å². The molecule has 0 aliphatic carbocycles. The molecule has 4 rings (SSSR count). The van der Waals surface area contributed by atoms with E-state index in [0.717, 1.165) is 55.0 Å². The Hall–Kier alpha value is -2.54. The second-order valence-electron chi connectivity index (χ2n) is 6.53. The average Bonchev–Trinajstić information content (AvgIpc) is 3.39. The predicted molar refractivity (Wildman–Crippen MR) is 98.8 cm³/mol. The zero-order valence-corrected chi connectivity index (χ0v) is 15.2. The summed E-state index contributed by atoms with van der Waals surface area (Å²) in [5.41, 5.74) is 0.879. The summed E-state index contributed by atoms with van der Waals surface area (Å²) in [6.45, 7) is 1.66. The molecule has 134 valence electrons. The summed E-state index contributed by atoms with van der Waals surface area (Å²) in [5, 5.41) is 6.04. The van der Waals surface area contributed by atoms with Crippen LogP contribution in [0.2, 0.25) is 0 Å². The van der Waals surface area contributed by atoms with Crippen molar-refractivity contribution in [3.05, 3.63) is 52.7 Å². The standard InChI is InChI=1S/C19H20N4O2S/c24-19(16-4-2-12-26-16)23-11-1-3-14(13-23)5-6-17-21-18(25-22-17)15-7-9-20-10-8-15/h2,4,7-10,12,14H,1,3,5-6,11,13H2. The maximum atomic E-state index is 12.5. The molecule has 6 nitrogen and oxygen atoms in total. The van der Waals surface area contributed by atoms with Crippen LogP contribution in [0, 0.1) is 5.92 Å². The van der Waals surface area contributed by atoms with E-state index in [1.807, 2.05) is 34.5 Å². The highest BCUT2D eigenvalue weighted by atomic mass is 32.1. The van der Waals surface area contributed by atoms with Crippen molar-refractivity contribution in [1.82, 2.24) is 20.0 Å². The smallest absolute Gasteiger partial charge is 0.263 e. The fourth-order valence-corrected chi connectivity index (χ4v) is 4.03. The number of thiophene rings is 1. The first kappa shape index (κ1) is 16.9. The third-order valence-corrected chi connectivity index (χ3v) is 5.57. The molecular weight excluding hydrogens is 348 g/mol. The number of amides is 1. The molecule has 3 aromatic heterocycles. The van der Waals surface area contributed by atoms with Crippen LogP contribution >= 0.6 is 11.3 Å². The van der Waals surface area contributed by atoms with E-state index in [4.69, 9.17) is 4.52 Å². The topological polar surface area (TPSA) is 72.1 Å². The van der Waals surface area contributed by atoms with Gasteiger partial charge >= 0.3 is 0 Å². The number of pyridine rings is 1. The van der Waals surface area contributed by atoms with E-state index in [-0.39, 0.29) is 5.91 Å². The largest absolute Gasteiger partial charge is 0.338 e. The highest BCUT2D eigenvalue weighted by Crippen LogP contribution is 2.24. The summed E-state index contributed by atoms with van der Waals surface area (Å²) in [5.74, 6) is 1.89. The van der Waals surface area contributed by atoms with Crippen LogP contribution in [0.5, 0.6) is 0 Å². The lowest BCUT2D eigenvalue weighted by molar-refractivity contribution is 0.0673. The number of piperidine rings is 1. The lowest BCUT2D eigenvalue weighted by Crippen LogP contribution is -2.39. The monoisotopic (exact) mass is 368 g/mol. The Morgan fingerprint density at radius 2 is 2.19 bits per heavy atom. The number of hydrogen-bond donors (Lipinski definition) is 0. The first-order chi connectivity index (χ1) is 12.8. The Balaban J connectivity index is 1.33. The Bertz CT molecular complexity index is 848. The van der Waals surface area contributed by atoms with Crippen LogP contribution in [0.25, 0.3) is 11.5 Å². The lowest BCUT2D eigenvalue weighted by atomic mass is 9.93. The highest BCUT2D eigenvalue weighted by Gasteiger charge is 2.25. The third-order valence-electron chi connectivity index (χ3n) is 4.71. The van der Waals surface area contributed by atoms with Crippen LogP contribution in [0.15, 0.2) is 46.6 Å². The number of likely N-dealkylation sites (tertiary alicyclic amines) is 1. The third kappa shape index (κ3) is 3.83. The first-order valence-corrected chi connectivity index (χ1v) is 9.73. The van der Waals surface area contributed by atoms with Crippen molar-refractivity contribution in [3.63, 3.8) is 0 Å². The van der Waals surface area contributed by atoms with Crippen LogP contribution < -0.4 is 0 Å². The molecule has 1 amide bonds. The minimum Gasteiger partial charge on any atom is -0.338 e. The van der Waals surface area contributed by atoms with Gasteiger partial charge in [-0.15, -0.1) is 11.3 Å². The van der Waals surface area contributed by atoms with Crippen molar-refractivity contribution in [3.8, 4) is 11.5 Å². The summed E-state index contributed by atoms with van der Waals surface area (Å²) in [4.78, 5) is 23.8. The normalized spacial score (nSPS) is 17.4. The Morgan fingerprint density at radius 3 is 3.00 bits per heavy atom. The molecule has 3 aromatic rings. The molecule has 0 radical (unpaired) electrons. The molecule has 26 heavy (non-hydrogen) atoms. The van der Waals surface area contributed by atoms with Gasteiger partial charge in [-0.3, -0.25) is 9.78 Å². The van der Waals surface area contributed by atoms with Crippen LogP contribution in [0.4, 0.5) is 0 Å². The predicted octanol–water partition coefficient (Wildman–Crippen LogP) is 3.68. The molecule has 7 heteroatoms. The zero-order chi connectivity index (χ0) is 17.8. The Morgan fingerprint density at radius 1 is 1.31 bits per heavy atom. The number of rotatable bonds is 5. The van der Waals surface area contributed by atoms with Crippen LogP contribution in [-0.2, 0) is 6.42 Å². The summed E-state index contributed by atoms with van der Waals surface area (Å²) >= 11 is 1.51. The minimum atomic E-state index is 0.157. The van der Waals surface area contributed by atoms with Gasteiger partial charge in [0.05, 0.1) is 4.88 Å². The van der Waals surface area contributed by atoms with Gasteiger partial charge in [0, 0.05) is 37.5 Å². The van der Waals surface area contributed by atoms with E-state index in [0.29, 0.717) is 11.8 Å². The average molecular weight is 368 g/mol. The van der Waals surface area contributed by atoms with Gasteiger partial charge in [0.2, 0.25) is 0 Å². The SMILES string of the molecule is O=C(c1cccs1)N1CCCC(CCc2noc(-c3ccncc3)n2)C1. The van der Waals surface area contributed by atoms with Crippen molar-refractivity contribution < 1.29 is 9.32 Å². The van der Waals surface area contributed by atoms with Gasteiger partial charge in [-0.2, -0.15) is 4.98 Å². The van der Waals surface area contributed by atoms with Crippen molar-refractivity contribution in [2.75, 3.05) is 13.1 Å².